The Labute approximate surface area is 64.3 Å². The molecule has 0 atom stereocenters. The lowest BCUT2D eigenvalue weighted by atomic mass is 10.3. The van der Waals surface area contributed by atoms with Gasteiger partial charge in [-0.15, -0.1) is 0 Å². The number of benzene rings is 1. The number of hydrogen-bond donors (Lipinski definition) is 0. The molecule has 0 bridgehead atoms. The van der Waals surface area contributed by atoms with Gasteiger partial charge >= 0.3 is 0 Å². The van der Waals surface area contributed by atoms with E-state index in [1.54, 1.807) is 14.1 Å². The van der Waals surface area contributed by atoms with E-state index in [2.05, 4.69) is 0 Å². The summed E-state index contributed by atoms with van der Waals surface area (Å²) < 4.78 is 25.3. The van der Waals surface area contributed by atoms with Crippen molar-refractivity contribution in [1.82, 2.24) is 0 Å². The minimum Gasteiger partial charge on any atom is -0.375 e. The number of anilines is 1. The van der Waals surface area contributed by atoms with Crippen LogP contribution in [0, 0.1) is 11.6 Å². The molecule has 0 N–H and O–H groups in total. The van der Waals surface area contributed by atoms with Crippen LogP contribution in [-0.4, -0.2) is 14.1 Å². The van der Waals surface area contributed by atoms with Gasteiger partial charge in [-0.25, -0.2) is 8.78 Å². The van der Waals surface area contributed by atoms with Crippen LogP contribution in [0.15, 0.2) is 18.2 Å². The molecule has 60 valence electrons. The van der Waals surface area contributed by atoms with Crippen molar-refractivity contribution in [2.45, 2.75) is 0 Å². The highest BCUT2D eigenvalue weighted by molar-refractivity contribution is 5.46. The summed E-state index contributed by atoms with van der Waals surface area (Å²) in [5.74, 6) is -0.827. The average molecular weight is 157 g/mol. The van der Waals surface area contributed by atoms with Crippen LogP contribution in [0.1, 0.15) is 0 Å². The second-order valence-corrected chi connectivity index (χ2v) is 2.49. The maximum atomic E-state index is 12.8. The molecule has 0 radical (unpaired) electrons. The van der Waals surface area contributed by atoms with E-state index in [9.17, 15) is 8.78 Å². The van der Waals surface area contributed by atoms with E-state index in [0.29, 0.717) is 0 Å². The quantitative estimate of drug-likeness (QED) is 0.603. The second-order valence-electron chi connectivity index (χ2n) is 2.49. The molecule has 0 aliphatic heterocycles. The van der Waals surface area contributed by atoms with Crippen molar-refractivity contribution in [2.75, 3.05) is 19.0 Å². The monoisotopic (exact) mass is 157 g/mol. The molecule has 11 heavy (non-hydrogen) atoms. The fourth-order valence-corrected chi connectivity index (χ4v) is 0.829. The van der Waals surface area contributed by atoms with Crippen LogP contribution in [0.4, 0.5) is 14.5 Å². The molecule has 0 amide bonds. The zero-order valence-electron chi connectivity index (χ0n) is 6.44. The Morgan fingerprint density at radius 3 is 2.27 bits per heavy atom. The number of hydrogen-bond acceptors (Lipinski definition) is 1. The molecule has 0 spiro atoms. The third-order valence-electron chi connectivity index (χ3n) is 1.39. The molecule has 0 aromatic heterocycles. The minimum absolute atomic E-state index is 0.269. The summed E-state index contributed by atoms with van der Waals surface area (Å²) in [5.41, 5.74) is 0.269. The molecule has 0 saturated heterocycles. The largest absolute Gasteiger partial charge is 0.375 e. The van der Waals surface area contributed by atoms with E-state index in [0.717, 1.165) is 18.2 Å². The molecule has 1 nitrogen and oxygen atoms in total. The van der Waals surface area contributed by atoms with Crippen molar-refractivity contribution >= 4 is 5.69 Å². The lowest BCUT2D eigenvalue weighted by molar-refractivity contribution is 0.599. The van der Waals surface area contributed by atoms with E-state index in [-0.39, 0.29) is 5.69 Å². The van der Waals surface area contributed by atoms with Gasteiger partial charge < -0.3 is 4.90 Å². The Hall–Kier alpha value is -1.12. The van der Waals surface area contributed by atoms with Crippen molar-refractivity contribution in [1.29, 1.82) is 0 Å². The zero-order valence-corrected chi connectivity index (χ0v) is 6.44. The summed E-state index contributed by atoms with van der Waals surface area (Å²) >= 11 is 0. The van der Waals surface area contributed by atoms with Crippen LogP contribution in [0.2, 0.25) is 0 Å². The van der Waals surface area contributed by atoms with Crippen LogP contribution in [-0.2, 0) is 0 Å². The van der Waals surface area contributed by atoms with E-state index < -0.39 is 11.6 Å². The highest BCUT2D eigenvalue weighted by Gasteiger charge is 2.03. The predicted molar refractivity (Wildman–Crippen MR) is 40.7 cm³/mol. The number of rotatable bonds is 1. The topological polar surface area (TPSA) is 3.24 Å². The molecule has 0 heterocycles. The number of halogens is 2. The van der Waals surface area contributed by atoms with Crippen LogP contribution in [0.3, 0.4) is 0 Å². The van der Waals surface area contributed by atoms with Crippen molar-refractivity contribution in [3.05, 3.63) is 29.8 Å². The standard InChI is InChI=1S/C8H9F2N/c1-11(2)8-5-6(9)3-4-7(8)10/h3-5H,1-2H3. The van der Waals surface area contributed by atoms with E-state index in [4.69, 9.17) is 0 Å². The van der Waals surface area contributed by atoms with Crippen molar-refractivity contribution in [3.63, 3.8) is 0 Å². The van der Waals surface area contributed by atoms with Gasteiger partial charge in [0.1, 0.15) is 11.6 Å². The molecular weight excluding hydrogens is 148 g/mol. The Morgan fingerprint density at radius 2 is 1.82 bits per heavy atom. The first-order valence-electron chi connectivity index (χ1n) is 3.23. The molecule has 0 aliphatic rings. The van der Waals surface area contributed by atoms with Crippen molar-refractivity contribution in [3.8, 4) is 0 Å². The molecule has 0 saturated carbocycles. The third-order valence-corrected chi connectivity index (χ3v) is 1.39. The first-order valence-corrected chi connectivity index (χ1v) is 3.23. The van der Waals surface area contributed by atoms with Crippen molar-refractivity contribution in [2.24, 2.45) is 0 Å². The van der Waals surface area contributed by atoms with Gasteiger partial charge in [-0.3, -0.25) is 0 Å². The molecule has 1 aromatic carbocycles. The predicted octanol–water partition coefficient (Wildman–Crippen LogP) is 2.03. The van der Waals surface area contributed by atoms with Crippen LogP contribution in [0.5, 0.6) is 0 Å². The molecule has 1 aromatic rings. The fraction of sp³-hybridized carbons (Fsp3) is 0.250. The maximum absolute atomic E-state index is 12.8. The van der Waals surface area contributed by atoms with Crippen LogP contribution in [0.25, 0.3) is 0 Å². The normalized spacial score (nSPS) is 9.82. The van der Waals surface area contributed by atoms with E-state index in [1.807, 2.05) is 0 Å². The summed E-state index contributed by atoms with van der Waals surface area (Å²) in [6.07, 6.45) is 0. The van der Waals surface area contributed by atoms with Gasteiger partial charge in [-0.1, -0.05) is 0 Å². The minimum atomic E-state index is -0.421. The fourth-order valence-electron chi connectivity index (χ4n) is 0.829. The van der Waals surface area contributed by atoms with Crippen LogP contribution < -0.4 is 4.90 Å². The van der Waals surface area contributed by atoms with E-state index >= 15 is 0 Å². The van der Waals surface area contributed by atoms with Gasteiger partial charge in [0.2, 0.25) is 0 Å². The molecule has 1 rings (SSSR count). The van der Waals surface area contributed by atoms with E-state index in [1.165, 1.54) is 4.90 Å². The second kappa shape index (κ2) is 2.86. The number of nitrogens with zero attached hydrogens (tertiary/aromatic N) is 1. The van der Waals surface area contributed by atoms with Gasteiger partial charge in [-0.2, -0.15) is 0 Å². The lowest BCUT2D eigenvalue weighted by Gasteiger charge is -2.12. The first kappa shape index (κ1) is 7.98. The van der Waals surface area contributed by atoms with Gasteiger partial charge in [0.15, 0.2) is 0 Å². The van der Waals surface area contributed by atoms with Gasteiger partial charge in [-0.05, 0) is 12.1 Å². The Kier molecular flexibility index (Phi) is 2.08. The molecule has 0 aliphatic carbocycles. The Morgan fingerprint density at radius 1 is 1.18 bits per heavy atom. The SMILES string of the molecule is CN(C)c1cc(F)ccc1F. The maximum Gasteiger partial charge on any atom is 0.146 e. The third kappa shape index (κ3) is 1.67. The highest BCUT2D eigenvalue weighted by Crippen LogP contribution is 2.17. The van der Waals surface area contributed by atoms with Crippen LogP contribution >= 0.6 is 0 Å². The Bertz CT molecular complexity index is 258. The lowest BCUT2D eigenvalue weighted by Crippen LogP contribution is -2.10. The molecule has 3 heteroatoms. The molecule has 0 fully saturated rings. The average Bonchev–Trinajstić information content (AvgIpc) is 1.94. The highest BCUT2D eigenvalue weighted by atomic mass is 19.1. The van der Waals surface area contributed by atoms with Gasteiger partial charge in [0.25, 0.3) is 0 Å². The zero-order chi connectivity index (χ0) is 8.43. The summed E-state index contributed by atoms with van der Waals surface area (Å²) in [6.45, 7) is 0. The molecular formula is C8H9F2N. The van der Waals surface area contributed by atoms with Gasteiger partial charge in [0.05, 0.1) is 5.69 Å². The Balaban J connectivity index is 3.13. The summed E-state index contributed by atoms with van der Waals surface area (Å²) in [4.78, 5) is 1.53. The summed E-state index contributed by atoms with van der Waals surface area (Å²) in [7, 11) is 3.33. The molecule has 0 unspecified atom stereocenters. The summed E-state index contributed by atoms with van der Waals surface area (Å²) in [5, 5.41) is 0. The van der Waals surface area contributed by atoms with Crippen molar-refractivity contribution < 1.29 is 8.78 Å². The first-order chi connectivity index (χ1) is 5.11. The van der Waals surface area contributed by atoms with Gasteiger partial charge in [0, 0.05) is 20.2 Å². The smallest absolute Gasteiger partial charge is 0.146 e. The summed E-state index contributed by atoms with van der Waals surface area (Å²) in [6, 6.07) is 3.38.